The number of hydrogen-bond acceptors (Lipinski definition) is 3. The van der Waals surface area contributed by atoms with E-state index >= 15 is 0 Å². The predicted molar refractivity (Wildman–Crippen MR) is 59.6 cm³/mol. The molecule has 1 fully saturated rings. The molecule has 1 saturated heterocycles. The molecular formula is C11H24N2O. The Hall–Kier alpha value is -0.120. The van der Waals surface area contributed by atoms with Crippen molar-refractivity contribution in [3.63, 3.8) is 0 Å². The summed E-state index contributed by atoms with van der Waals surface area (Å²) in [5.41, 5.74) is 0. The molecule has 1 aliphatic heterocycles. The topological polar surface area (TPSA) is 24.5 Å². The largest absolute Gasteiger partial charge is 0.383 e. The van der Waals surface area contributed by atoms with Gasteiger partial charge in [-0.3, -0.25) is 4.90 Å². The number of methoxy groups -OCH3 is 1. The van der Waals surface area contributed by atoms with E-state index < -0.39 is 0 Å². The fourth-order valence-electron chi connectivity index (χ4n) is 2.10. The van der Waals surface area contributed by atoms with Crippen molar-refractivity contribution in [2.75, 3.05) is 39.9 Å². The first-order valence-electron chi connectivity index (χ1n) is 5.71. The summed E-state index contributed by atoms with van der Waals surface area (Å²) in [5, 5.41) is 3.40. The maximum absolute atomic E-state index is 5.27. The highest BCUT2D eigenvalue weighted by molar-refractivity contribution is 4.80. The van der Waals surface area contributed by atoms with Crippen molar-refractivity contribution in [2.45, 2.75) is 26.3 Å². The minimum atomic E-state index is 0.560. The third kappa shape index (κ3) is 3.56. The van der Waals surface area contributed by atoms with Gasteiger partial charge in [0, 0.05) is 26.2 Å². The smallest absolute Gasteiger partial charge is 0.0630 e. The molecule has 1 heterocycles. The van der Waals surface area contributed by atoms with Crippen LogP contribution >= 0.6 is 0 Å². The maximum atomic E-state index is 5.27. The highest BCUT2D eigenvalue weighted by Gasteiger charge is 2.25. The Kier molecular flexibility index (Phi) is 5.45. The third-order valence-electron chi connectivity index (χ3n) is 2.96. The Morgan fingerprint density at radius 2 is 2.36 bits per heavy atom. The van der Waals surface area contributed by atoms with Gasteiger partial charge in [0.15, 0.2) is 0 Å². The molecular weight excluding hydrogens is 176 g/mol. The first kappa shape index (κ1) is 12.0. The number of likely N-dealkylation sites (tertiary alicyclic amines) is 1. The molecule has 3 heteroatoms. The molecule has 0 aromatic rings. The molecule has 0 bridgehead atoms. The molecule has 0 aromatic heterocycles. The van der Waals surface area contributed by atoms with Gasteiger partial charge < -0.3 is 10.1 Å². The summed E-state index contributed by atoms with van der Waals surface area (Å²) in [6.45, 7) is 9.90. The number of hydrogen-bond donors (Lipinski definition) is 1. The van der Waals surface area contributed by atoms with Crippen molar-refractivity contribution in [3.05, 3.63) is 0 Å². The second-order valence-electron chi connectivity index (χ2n) is 4.31. The van der Waals surface area contributed by atoms with E-state index in [1.165, 1.54) is 19.5 Å². The molecule has 1 N–H and O–H groups in total. The van der Waals surface area contributed by atoms with Crippen molar-refractivity contribution in [3.8, 4) is 0 Å². The summed E-state index contributed by atoms with van der Waals surface area (Å²) in [6, 6.07) is 0.560. The van der Waals surface area contributed by atoms with Crippen LogP contribution in [0.3, 0.4) is 0 Å². The van der Waals surface area contributed by atoms with Gasteiger partial charge in [-0.05, 0) is 25.4 Å². The Balaban J connectivity index is 2.33. The number of ether oxygens (including phenoxy) is 1. The SMILES string of the molecule is CCNCC(COC)N1CCC(C)C1. The van der Waals surface area contributed by atoms with Crippen LogP contribution in [-0.2, 0) is 4.74 Å². The molecule has 2 unspecified atom stereocenters. The molecule has 0 aliphatic carbocycles. The highest BCUT2D eigenvalue weighted by Crippen LogP contribution is 2.17. The monoisotopic (exact) mass is 200 g/mol. The number of nitrogens with one attached hydrogen (secondary N) is 1. The molecule has 14 heavy (non-hydrogen) atoms. The quantitative estimate of drug-likeness (QED) is 0.691. The average Bonchev–Trinajstić information content (AvgIpc) is 2.59. The van der Waals surface area contributed by atoms with Crippen LogP contribution in [0.15, 0.2) is 0 Å². The van der Waals surface area contributed by atoms with Crippen LogP contribution in [0.25, 0.3) is 0 Å². The van der Waals surface area contributed by atoms with Crippen LogP contribution in [0.4, 0.5) is 0 Å². The Labute approximate surface area is 87.8 Å². The highest BCUT2D eigenvalue weighted by atomic mass is 16.5. The van der Waals surface area contributed by atoms with E-state index in [0.29, 0.717) is 6.04 Å². The Bertz CT molecular complexity index is 152. The maximum Gasteiger partial charge on any atom is 0.0630 e. The van der Waals surface area contributed by atoms with Crippen LogP contribution < -0.4 is 5.32 Å². The van der Waals surface area contributed by atoms with Gasteiger partial charge in [-0.15, -0.1) is 0 Å². The van der Waals surface area contributed by atoms with Crippen molar-refractivity contribution in [2.24, 2.45) is 5.92 Å². The summed E-state index contributed by atoms with van der Waals surface area (Å²) in [7, 11) is 1.79. The van der Waals surface area contributed by atoms with E-state index in [9.17, 15) is 0 Å². The summed E-state index contributed by atoms with van der Waals surface area (Å²) in [5.74, 6) is 0.857. The summed E-state index contributed by atoms with van der Waals surface area (Å²) < 4.78 is 5.27. The van der Waals surface area contributed by atoms with E-state index in [-0.39, 0.29) is 0 Å². The van der Waals surface area contributed by atoms with Crippen molar-refractivity contribution < 1.29 is 4.74 Å². The molecule has 0 spiro atoms. The first-order valence-corrected chi connectivity index (χ1v) is 5.71. The molecule has 0 amide bonds. The fourth-order valence-corrected chi connectivity index (χ4v) is 2.10. The number of nitrogens with zero attached hydrogens (tertiary/aromatic N) is 1. The Morgan fingerprint density at radius 3 is 2.86 bits per heavy atom. The van der Waals surface area contributed by atoms with Crippen LogP contribution in [0.5, 0.6) is 0 Å². The molecule has 3 nitrogen and oxygen atoms in total. The molecule has 84 valence electrons. The summed E-state index contributed by atoms with van der Waals surface area (Å²) in [6.07, 6.45) is 1.34. The van der Waals surface area contributed by atoms with Crippen molar-refractivity contribution >= 4 is 0 Å². The van der Waals surface area contributed by atoms with Crippen LogP contribution in [0, 0.1) is 5.92 Å². The van der Waals surface area contributed by atoms with E-state index in [1.807, 2.05) is 0 Å². The lowest BCUT2D eigenvalue weighted by Gasteiger charge is -2.27. The van der Waals surface area contributed by atoms with Gasteiger partial charge in [0.05, 0.1) is 6.61 Å². The number of rotatable bonds is 6. The van der Waals surface area contributed by atoms with Crippen molar-refractivity contribution in [1.82, 2.24) is 10.2 Å². The van der Waals surface area contributed by atoms with Gasteiger partial charge in [0.2, 0.25) is 0 Å². The van der Waals surface area contributed by atoms with Gasteiger partial charge in [-0.2, -0.15) is 0 Å². The number of likely N-dealkylation sites (N-methyl/N-ethyl adjacent to an activating group) is 1. The predicted octanol–water partition coefficient (Wildman–Crippen LogP) is 0.953. The van der Waals surface area contributed by atoms with Gasteiger partial charge in [-0.1, -0.05) is 13.8 Å². The molecule has 1 aliphatic rings. The zero-order chi connectivity index (χ0) is 10.4. The molecule has 0 radical (unpaired) electrons. The van der Waals surface area contributed by atoms with Gasteiger partial charge in [-0.25, -0.2) is 0 Å². The van der Waals surface area contributed by atoms with E-state index in [0.717, 1.165) is 25.6 Å². The lowest BCUT2D eigenvalue weighted by Crippen LogP contribution is -2.44. The molecule has 1 rings (SSSR count). The van der Waals surface area contributed by atoms with Crippen LogP contribution in [0.2, 0.25) is 0 Å². The second-order valence-corrected chi connectivity index (χ2v) is 4.31. The minimum absolute atomic E-state index is 0.560. The average molecular weight is 200 g/mol. The summed E-state index contributed by atoms with van der Waals surface area (Å²) in [4.78, 5) is 2.55. The zero-order valence-electron chi connectivity index (χ0n) is 9.75. The summed E-state index contributed by atoms with van der Waals surface area (Å²) >= 11 is 0. The van der Waals surface area contributed by atoms with E-state index in [4.69, 9.17) is 4.74 Å². The Morgan fingerprint density at radius 1 is 1.57 bits per heavy atom. The van der Waals surface area contributed by atoms with Gasteiger partial charge >= 0.3 is 0 Å². The van der Waals surface area contributed by atoms with E-state index in [2.05, 4.69) is 24.1 Å². The minimum Gasteiger partial charge on any atom is -0.383 e. The molecule has 2 atom stereocenters. The van der Waals surface area contributed by atoms with E-state index in [1.54, 1.807) is 7.11 Å². The van der Waals surface area contributed by atoms with Gasteiger partial charge in [0.1, 0.15) is 0 Å². The fraction of sp³-hybridized carbons (Fsp3) is 1.00. The first-order chi connectivity index (χ1) is 6.77. The molecule has 0 saturated carbocycles. The van der Waals surface area contributed by atoms with Crippen LogP contribution in [-0.4, -0.2) is 50.8 Å². The zero-order valence-corrected chi connectivity index (χ0v) is 9.75. The molecule has 0 aromatic carbocycles. The standard InChI is InChI=1S/C11H24N2O/c1-4-12-7-11(9-14-3)13-6-5-10(2)8-13/h10-12H,4-9H2,1-3H3. The normalized spacial score (nSPS) is 25.5. The lowest BCUT2D eigenvalue weighted by atomic mass is 10.2. The lowest BCUT2D eigenvalue weighted by molar-refractivity contribution is 0.103. The van der Waals surface area contributed by atoms with Crippen LogP contribution in [0.1, 0.15) is 20.3 Å². The van der Waals surface area contributed by atoms with Gasteiger partial charge in [0.25, 0.3) is 0 Å². The second kappa shape index (κ2) is 6.38. The van der Waals surface area contributed by atoms with Crippen molar-refractivity contribution in [1.29, 1.82) is 0 Å². The third-order valence-corrected chi connectivity index (χ3v) is 2.96.